The fourth-order valence-corrected chi connectivity index (χ4v) is 3.87. The first-order valence-electron chi connectivity index (χ1n) is 9.94. The zero-order chi connectivity index (χ0) is 18.2. The van der Waals surface area contributed by atoms with E-state index in [4.69, 9.17) is 0 Å². The van der Waals surface area contributed by atoms with Crippen LogP contribution in [0.2, 0.25) is 0 Å². The topological polar surface area (TPSA) is 64.7 Å². The second-order valence-electron chi connectivity index (χ2n) is 8.12. The van der Waals surface area contributed by atoms with Crippen LogP contribution >= 0.6 is 0 Å². The molecule has 0 aromatic heterocycles. The summed E-state index contributed by atoms with van der Waals surface area (Å²) in [5.41, 5.74) is 0. The highest BCUT2D eigenvalue weighted by Gasteiger charge is 2.28. The number of likely N-dealkylation sites (tertiary alicyclic amines) is 2. The monoisotopic (exact) mass is 352 g/mol. The van der Waals surface area contributed by atoms with Crippen LogP contribution in [0.1, 0.15) is 46.0 Å². The number of amides is 3. The van der Waals surface area contributed by atoms with Gasteiger partial charge in [0.2, 0.25) is 5.91 Å². The van der Waals surface area contributed by atoms with Gasteiger partial charge < -0.3 is 20.4 Å². The molecule has 2 aliphatic rings. The lowest BCUT2D eigenvalue weighted by atomic mass is 9.92. The lowest BCUT2D eigenvalue weighted by molar-refractivity contribution is -0.133. The van der Waals surface area contributed by atoms with E-state index in [1.165, 1.54) is 0 Å². The fraction of sp³-hybridized carbons (Fsp3) is 0.895. The summed E-state index contributed by atoms with van der Waals surface area (Å²) in [6, 6.07) is 0.0266. The molecular formula is C19H36N4O2. The van der Waals surface area contributed by atoms with E-state index in [2.05, 4.69) is 24.5 Å². The van der Waals surface area contributed by atoms with E-state index in [9.17, 15) is 9.59 Å². The van der Waals surface area contributed by atoms with Crippen LogP contribution in [0.5, 0.6) is 0 Å². The van der Waals surface area contributed by atoms with E-state index >= 15 is 0 Å². The summed E-state index contributed by atoms with van der Waals surface area (Å²) < 4.78 is 0. The molecule has 1 unspecified atom stereocenters. The third-order valence-corrected chi connectivity index (χ3v) is 5.39. The van der Waals surface area contributed by atoms with Gasteiger partial charge in [0.15, 0.2) is 0 Å². The van der Waals surface area contributed by atoms with Crippen LogP contribution in [0.3, 0.4) is 0 Å². The number of carbonyl (C=O) groups is 2. The van der Waals surface area contributed by atoms with Crippen LogP contribution in [-0.2, 0) is 4.79 Å². The van der Waals surface area contributed by atoms with Crippen molar-refractivity contribution in [3.63, 3.8) is 0 Å². The van der Waals surface area contributed by atoms with Crippen molar-refractivity contribution in [2.75, 3.05) is 46.3 Å². The Morgan fingerprint density at radius 3 is 2.40 bits per heavy atom. The summed E-state index contributed by atoms with van der Waals surface area (Å²) in [5, 5.41) is 6.22. The lowest BCUT2D eigenvalue weighted by Gasteiger charge is -2.35. The lowest BCUT2D eigenvalue weighted by Crippen LogP contribution is -2.47. The molecule has 2 N–H and O–H groups in total. The van der Waals surface area contributed by atoms with Gasteiger partial charge in [-0.05, 0) is 57.0 Å². The van der Waals surface area contributed by atoms with E-state index in [0.717, 1.165) is 51.9 Å². The molecule has 144 valence electrons. The van der Waals surface area contributed by atoms with E-state index in [0.29, 0.717) is 37.3 Å². The molecule has 2 rings (SSSR count). The van der Waals surface area contributed by atoms with Crippen LogP contribution in [-0.4, -0.2) is 68.1 Å². The van der Waals surface area contributed by atoms with Crippen molar-refractivity contribution in [1.82, 2.24) is 20.4 Å². The van der Waals surface area contributed by atoms with Gasteiger partial charge >= 0.3 is 6.03 Å². The van der Waals surface area contributed by atoms with Crippen molar-refractivity contribution in [3.05, 3.63) is 0 Å². The number of hydrogen-bond acceptors (Lipinski definition) is 3. The van der Waals surface area contributed by atoms with E-state index < -0.39 is 0 Å². The maximum absolute atomic E-state index is 12.6. The number of urea groups is 1. The highest BCUT2D eigenvalue weighted by atomic mass is 16.2. The minimum atomic E-state index is 0.0266. The van der Waals surface area contributed by atoms with Crippen molar-refractivity contribution < 1.29 is 9.59 Å². The van der Waals surface area contributed by atoms with Crippen LogP contribution in [0.25, 0.3) is 0 Å². The van der Waals surface area contributed by atoms with Crippen LogP contribution in [0.15, 0.2) is 0 Å². The maximum atomic E-state index is 12.6. The third kappa shape index (κ3) is 6.49. The predicted molar refractivity (Wildman–Crippen MR) is 100 cm³/mol. The van der Waals surface area contributed by atoms with E-state index in [1.807, 2.05) is 16.8 Å². The van der Waals surface area contributed by atoms with Gasteiger partial charge in [0.1, 0.15) is 0 Å². The number of carbonyl (C=O) groups excluding carboxylic acids is 2. The molecule has 6 nitrogen and oxygen atoms in total. The van der Waals surface area contributed by atoms with Gasteiger partial charge in [0, 0.05) is 39.1 Å². The van der Waals surface area contributed by atoms with Crippen molar-refractivity contribution in [2.45, 2.75) is 46.0 Å². The first-order chi connectivity index (χ1) is 12.0. The predicted octanol–water partition coefficient (Wildman–Crippen LogP) is 1.91. The second-order valence-corrected chi connectivity index (χ2v) is 8.12. The molecule has 6 heteroatoms. The molecule has 25 heavy (non-hydrogen) atoms. The molecule has 0 aliphatic carbocycles. The Labute approximate surface area is 152 Å². The van der Waals surface area contributed by atoms with Crippen molar-refractivity contribution in [2.24, 2.45) is 17.8 Å². The summed E-state index contributed by atoms with van der Waals surface area (Å²) in [6.07, 6.45) is 4.83. The molecule has 3 amide bonds. The molecule has 2 aliphatic heterocycles. The van der Waals surface area contributed by atoms with E-state index in [1.54, 1.807) is 0 Å². The quantitative estimate of drug-likeness (QED) is 0.767. The smallest absolute Gasteiger partial charge is 0.317 e. The molecule has 2 heterocycles. The van der Waals surface area contributed by atoms with Gasteiger partial charge in [0.25, 0.3) is 0 Å². The largest absolute Gasteiger partial charge is 0.343 e. The number of rotatable bonds is 6. The molecule has 2 fully saturated rings. The Bertz CT molecular complexity index is 433. The Kier molecular flexibility index (Phi) is 8.00. The summed E-state index contributed by atoms with van der Waals surface area (Å²) >= 11 is 0. The van der Waals surface area contributed by atoms with Gasteiger partial charge in [-0.25, -0.2) is 4.79 Å². The molecule has 2 saturated heterocycles. The van der Waals surface area contributed by atoms with Crippen molar-refractivity contribution >= 4 is 11.9 Å². The SMILES string of the molecule is CNCC1CCN(C(=O)CC2CCCN(C(=O)NCC(C)C)C2)CC1. The summed E-state index contributed by atoms with van der Waals surface area (Å²) in [7, 11) is 1.99. The summed E-state index contributed by atoms with van der Waals surface area (Å²) in [5.74, 6) is 1.74. The number of nitrogens with one attached hydrogen (secondary N) is 2. The highest BCUT2D eigenvalue weighted by molar-refractivity contribution is 5.77. The number of nitrogens with zero attached hydrogens (tertiary/aromatic N) is 2. The Hall–Kier alpha value is -1.30. The van der Waals surface area contributed by atoms with Gasteiger partial charge in [-0.1, -0.05) is 13.8 Å². The van der Waals surface area contributed by atoms with Gasteiger partial charge in [-0.3, -0.25) is 4.79 Å². The average Bonchev–Trinajstić information content (AvgIpc) is 2.60. The Morgan fingerprint density at radius 1 is 1.04 bits per heavy atom. The maximum Gasteiger partial charge on any atom is 0.317 e. The van der Waals surface area contributed by atoms with Gasteiger partial charge in [-0.2, -0.15) is 0 Å². The van der Waals surface area contributed by atoms with E-state index in [-0.39, 0.29) is 11.9 Å². The first-order valence-corrected chi connectivity index (χ1v) is 9.94. The van der Waals surface area contributed by atoms with Crippen LogP contribution < -0.4 is 10.6 Å². The molecular weight excluding hydrogens is 316 g/mol. The van der Waals surface area contributed by atoms with Gasteiger partial charge in [0.05, 0.1) is 0 Å². The standard InChI is InChI=1S/C19H36N4O2/c1-15(2)12-21-19(25)23-8-4-5-17(14-23)11-18(24)22-9-6-16(7-10-22)13-20-3/h15-17,20H,4-14H2,1-3H3,(H,21,25). The molecule has 0 aromatic rings. The highest BCUT2D eigenvalue weighted by Crippen LogP contribution is 2.23. The Balaban J connectivity index is 1.74. The minimum absolute atomic E-state index is 0.0266. The molecule has 0 saturated carbocycles. The molecule has 0 bridgehead atoms. The third-order valence-electron chi connectivity index (χ3n) is 5.39. The molecule has 0 radical (unpaired) electrons. The van der Waals surface area contributed by atoms with Gasteiger partial charge in [-0.15, -0.1) is 0 Å². The average molecular weight is 353 g/mol. The molecule has 0 spiro atoms. The van der Waals surface area contributed by atoms with Crippen molar-refractivity contribution in [3.8, 4) is 0 Å². The normalized spacial score (nSPS) is 22.3. The Morgan fingerprint density at radius 2 is 1.76 bits per heavy atom. The summed E-state index contributed by atoms with van der Waals surface area (Å²) in [4.78, 5) is 28.8. The number of hydrogen-bond donors (Lipinski definition) is 2. The molecule has 0 aromatic carbocycles. The zero-order valence-electron chi connectivity index (χ0n) is 16.2. The fourth-order valence-electron chi connectivity index (χ4n) is 3.87. The zero-order valence-corrected chi connectivity index (χ0v) is 16.2. The first kappa shape index (κ1) is 20.0. The van der Waals surface area contributed by atoms with Crippen molar-refractivity contribution in [1.29, 1.82) is 0 Å². The van der Waals surface area contributed by atoms with Crippen LogP contribution in [0.4, 0.5) is 4.79 Å². The minimum Gasteiger partial charge on any atom is -0.343 e. The second kappa shape index (κ2) is 10.00. The summed E-state index contributed by atoms with van der Waals surface area (Å²) in [6.45, 7) is 9.24. The number of piperidine rings is 2. The molecule has 1 atom stereocenters. The van der Waals surface area contributed by atoms with Crippen LogP contribution in [0, 0.1) is 17.8 Å².